The zero-order valence-corrected chi connectivity index (χ0v) is 16.0. The molecule has 0 fully saturated rings. The summed E-state index contributed by atoms with van der Waals surface area (Å²) in [7, 11) is 3.23. The third kappa shape index (κ3) is 3.44. The Labute approximate surface area is 161 Å². The molecule has 2 heterocycles. The molecule has 1 amide bonds. The van der Waals surface area contributed by atoms with Crippen molar-refractivity contribution < 1.29 is 9.53 Å². The molecule has 3 rings (SSSR count). The number of carbonyl (C=O) groups excluding carboxylic acids is 1. The van der Waals surface area contributed by atoms with Crippen molar-refractivity contribution in [1.82, 2.24) is 19.7 Å². The number of aromatic nitrogens is 3. The first-order valence-corrected chi connectivity index (χ1v) is 8.66. The molecule has 0 saturated heterocycles. The third-order valence-corrected chi connectivity index (χ3v) is 4.63. The molecule has 0 bridgehead atoms. The highest BCUT2D eigenvalue weighted by Crippen LogP contribution is 2.31. The molecule has 0 aliphatic heterocycles. The number of methoxy groups -OCH3 is 1. The molecule has 0 saturated carbocycles. The van der Waals surface area contributed by atoms with Crippen molar-refractivity contribution in [2.24, 2.45) is 0 Å². The minimum absolute atomic E-state index is 0.252. The zero-order valence-electron chi connectivity index (χ0n) is 15.2. The number of fused-ring (bicyclic) bond motifs is 1. The first-order valence-electron chi connectivity index (χ1n) is 8.28. The SMILES string of the molecule is COc1cccc(-n2nc(C)c3c(Cl)c(C(=O)N(C)CCC#N)cnc32)c1. The number of nitriles is 1. The van der Waals surface area contributed by atoms with Gasteiger partial charge in [0.2, 0.25) is 0 Å². The highest BCUT2D eigenvalue weighted by atomic mass is 35.5. The summed E-state index contributed by atoms with van der Waals surface area (Å²) in [5.74, 6) is 0.420. The number of halogens is 1. The van der Waals surface area contributed by atoms with Crippen molar-refractivity contribution in [3.05, 3.63) is 46.7 Å². The van der Waals surface area contributed by atoms with Gasteiger partial charge in [0.25, 0.3) is 5.91 Å². The number of hydrogen-bond acceptors (Lipinski definition) is 5. The number of pyridine rings is 1. The third-order valence-electron chi connectivity index (χ3n) is 4.24. The van der Waals surface area contributed by atoms with Crippen LogP contribution in [0, 0.1) is 18.3 Å². The Hall–Kier alpha value is -3.11. The number of amides is 1. The second-order valence-electron chi connectivity index (χ2n) is 6.02. The van der Waals surface area contributed by atoms with Crippen LogP contribution in [-0.2, 0) is 0 Å². The van der Waals surface area contributed by atoms with Crippen LogP contribution in [0.5, 0.6) is 5.75 Å². The molecule has 138 valence electrons. The summed E-state index contributed by atoms with van der Waals surface area (Å²) in [6.07, 6.45) is 1.70. The number of carbonyl (C=O) groups is 1. The standard InChI is InChI=1S/C19H18ClN5O2/c1-12-16-17(20)15(19(26)24(2)9-5-8-21)11-22-18(16)25(23-12)13-6-4-7-14(10-13)27-3/h4,6-7,10-11H,5,9H2,1-3H3. The van der Waals surface area contributed by atoms with Crippen molar-refractivity contribution >= 4 is 28.5 Å². The average Bonchev–Trinajstić information content (AvgIpc) is 3.03. The normalized spacial score (nSPS) is 10.6. The molecular weight excluding hydrogens is 366 g/mol. The predicted octanol–water partition coefficient (Wildman–Crippen LogP) is 3.38. The summed E-state index contributed by atoms with van der Waals surface area (Å²) in [5, 5.41) is 14.2. The zero-order chi connectivity index (χ0) is 19.6. The maximum Gasteiger partial charge on any atom is 0.256 e. The summed E-state index contributed by atoms with van der Waals surface area (Å²) in [6.45, 7) is 2.14. The fourth-order valence-corrected chi connectivity index (χ4v) is 3.16. The highest BCUT2D eigenvalue weighted by molar-refractivity contribution is 6.38. The summed E-state index contributed by atoms with van der Waals surface area (Å²) >= 11 is 6.55. The van der Waals surface area contributed by atoms with Crippen molar-refractivity contribution in [2.75, 3.05) is 20.7 Å². The Balaban J connectivity index is 2.09. The van der Waals surface area contributed by atoms with Crippen LogP contribution in [0.15, 0.2) is 30.5 Å². The highest BCUT2D eigenvalue weighted by Gasteiger charge is 2.22. The van der Waals surface area contributed by atoms with Gasteiger partial charge in [-0.1, -0.05) is 17.7 Å². The summed E-state index contributed by atoms with van der Waals surface area (Å²) < 4.78 is 6.94. The molecule has 8 heteroatoms. The second kappa shape index (κ2) is 7.64. The number of aryl methyl sites for hydroxylation is 1. The Morgan fingerprint density at radius 1 is 1.44 bits per heavy atom. The summed E-state index contributed by atoms with van der Waals surface area (Å²) in [5.41, 5.74) is 2.29. The van der Waals surface area contributed by atoms with Gasteiger partial charge in [0, 0.05) is 25.9 Å². The van der Waals surface area contributed by atoms with Crippen LogP contribution < -0.4 is 4.74 Å². The molecule has 1 aromatic carbocycles. The van der Waals surface area contributed by atoms with Crippen molar-refractivity contribution in [3.8, 4) is 17.5 Å². The van der Waals surface area contributed by atoms with Crippen LogP contribution >= 0.6 is 11.6 Å². The van der Waals surface area contributed by atoms with E-state index in [1.165, 1.54) is 11.1 Å². The van der Waals surface area contributed by atoms with Crippen LogP contribution in [0.3, 0.4) is 0 Å². The van der Waals surface area contributed by atoms with E-state index in [-0.39, 0.29) is 17.9 Å². The molecule has 0 N–H and O–H groups in total. The molecule has 0 atom stereocenters. The van der Waals surface area contributed by atoms with Crippen LogP contribution in [0.25, 0.3) is 16.7 Å². The monoisotopic (exact) mass is 383 g/mol. The van der Waals surface area contributed by atoms with Crippen LogP contribution in [0.4, 0.5) is 0 Å². The van der Waals surface area contributed by atoms with Gasteiger partial charge in [-0.15, -0.1) is 0 Å². The van der Waals surface area contributed by atoms with Gasteiger partial charge in [-0.2, -0.15) is 10.4 Å². The first kappa shape index (κ1) is 18.7. The molecule has 0 unspecified atom stereocenters. The maximum atomic E-state index is 12.6. The molecule has 0 radical (unpaired) electrons. The Kier molecular flexibility index (Phi) is 5.28. The van der Waals surface area contributed by atoms with Gasteiger partial charge in [-0.05, 0) is 19.1 Å². The summed E-state index contributed by atoms with van der Waals surface area (Å²) in [4.78, 5) is 18.5. The number of ether oxygens (including phenoxy) is 1. The summed E-state index contributed by atoms with van der Waals surface area (Å²) in [6, 6.07) is 9.46. The lowest BCUT2D eigenvalue weighted by Gasteiger charge is -2.16. The molecule has 2 aromatic heterocycles. The van der Waals surface area contributed by atoms with Crippen molar-refractivity contribution in [2.45, 2.75) is 13.3 Å². The Morgan fingerprint density at radius 2 is 2.22 bits per heavy atom. The van der Waals surface area contributed by atoms with E-state index < -0.39 is 0 Å². The fourth-order valence-electron chi connectivity index (χ4n) is 2.80. The van der Waals surface area contributed by atoms with E-state index in [4.69, 9.17) is 21.6 Å². The molecule has 0 aliphatic carbocycles. The van der Waals surface area contributed by atoms with Crippen LogP contribution in [0.2, 0.25) is 5.02 Å². The number of benzene rings is 1. The quantitative estimate of drug-likeness (QED) is 0.674. The lowest BCUT2D eigenvalue weighted by Crippen LogP contribution is -2.28. The predicted molar refractivity (Wildman–Crippen MR) is 102 cm³/mol. The van der Waals surface area contributed by atoms with Gasteiger partial charge < -0.3 is 9.64 Å². The van der Waals surface area contributed by atoms with Gasteiger partial charge in [0.1, 0.15) is 5.75 Å². The molecule has 27 heavy (non-hydrogen) atoms. The van der Waals surface area contributed by atoms with Crippen LogP contribution in [0.1, 0.15) is 22.5 Å². The fraction of sp³-hybridized carbons (Fsp3) is 0.263. The van der Waals surface area contributed by atoms with Crippen molar-refractivity contribution in [1.29, 1.82) is 5.26 Å². The van der Waals surface area contributed by atoms with Gasteiger partial charge in [0.15, 0.2) is 5.65 Å². The first-order chi connectivity index (χ1) is 13.0. The van der Waals surface area contributed by atoms with E-state index in [0.29, 0.717) is 34.0 Å². The van der Waals surface area contributed by atoms with Crippen LogP contribution in [-0.4, -0.2) is 46.3 Å². The average molecular weight is 384 g/mol. The minimum atomic E-state index is -0.279. The minimum Gasteiger partial charge on any atom is -0.497 e. The molecule has 0 aliphatic rings. The smallest absolute Gasteiger partial charge is 0.256 e. The van der Waals surface area contributed by atoms with E-state index in [9.17, 15) is 4.79 Å². The van der Waals surface area contributed by atoms with Gasteiger partial charge >= 0.3 is 0 Å². The molecule has 3 aromatic rings. The lowest BCUT2D eigenvalue weighted by atomic mass is 10.2. The number of hydrogen-bond donors (Lipinski definition) is 0. The number of nitrogens with zero attached hydrogens (tertiary/aromatic N) is 5. The van der Waals surface area contributed by atoms with E-state index in [2.05, 4.69) is 10.1 Å². The molecule has 0 spiro atoms. The van der Waals surface area contributed by atoms with E-state index in [0.717, 1.165) is 5.69 Å². The Bertz CT molecular complexity index is 1050. The van der Waals surface area contributed by atoms with Crippen molar-refractivity contribution in [3.63, 3.8) is 0 Å². The Morgan fingerprint density at radius 3 is 2.93 bits per heavy atom. The van der Waals surface area contributed by atoms with E-state index >= 15 is 0 Å². The van der Waals surface area contributed by atoms with Gasteiger partial charge in [-0.25, -0.2) is 9.67 Å². The van der Waals surface area contributed by atoms with Gasteiger partial charge in [-0.3, -0.25) is 4.79 Å². The topological polar surface area (TPSA) is 84.0 Å². The van der Waals surface area contributed by atoms with E-state index in [1.807, 2.05) is 37.3 Å². The van der Waals surface area contributed by atoms with E-state index in [1.54, 1.807) is 18.8 Å². The largest absolute Gasteiger partial charge is 0.497 e. The molecular formula is C19H18ClN5O2. The maximum absolute atomic E-state index is 12.6. The molecule has 7 nitrogen and oxygen atoms in total. The second-order valence-corrected chi connectivity index (χ2v) is 6.40. The number of rotatable bonds is 5. The lowest BCUT2D eigenvalue weighted by molar-refractivity contribution is 0.0798. The van der Waals surface area contributed by atoms with Gasteiger partial charge in [0.05, 0.1) is 47.0 Å².